The molecule has 120 valence electrons. The Labute approximate surface area is 127 Å². The van der Waals surface area contributed by atoms with Crippen LogP contribution in [0.25, 0.3) is 0 Å². The second-order valence-electron chi connectivity index (χ2n) is 5.89. The Morgan fingerprint density at radius 2 is 1.90 bits per heavy atom. The van der Waals surface area contributed by atoms with Crippen LogP contribution in [0.15, 0.2) is 0 Å². The number of aliphatic hydroxyl groups is 1. The average molecular weight is 325 g/mol. The van der Waals surface area contributed by atoms with E-state index in [-0.39, 0.29) is 18.8 Å². The molecule has 1 fully saturated rings. The molecular weight excluding hydrogens is 305 g/mol. The first-order chi connectivity index (χ1) is 9.70. The standard InChI is InChI=1S/C14H20ClF3N2O/c1-8-13(15)11(20(2)19-8)7-12(21)9-3-5-10(6-4-9)14(16,17)18/h9-10,12,21H,3-7H2,1-2H3. The SMILES string of the molecule is Cc1nn(C)c(CC(O)C2CCC(C(F)(F)F)CC2)c1Cl. The summed E-state index contributed by atoms with van der Waals surface area (Å²) in [5.41, 5.74) is 1.43. The molecule has 1 aliphatic carbocycles. The van der Waals surface area contributed by atoms with Crippen molar-refractivity contribution in [3.8, 4) is 0 Å². The van der Waals surface area contributed by atoms with E-state index in [0.717, 1.165) is 5.69 Å². The minimum atomic E-state index is -4.11. The largest absolute Gasteiger partial charge is 0.392 e. The normalized spacial score (nSPS) is 25.1. The van der Waals surface area contributed by atoms with Crippen LogP contribution in [0, 0.1) is 18.8 Å². The lowest BCUT2D eigenvalue weighted by molar-refractivity contribution is -0.185. The number of aryl methyl sites for hydroxylation is 2. The van der Waals surface area contributed by atoms with Crippen LogP contribution in [0.1, 0.15) is 37.1 Å². The zero-order chi connectivity index (χ0) is 15.8. The Bertz CT molecular complexity index is 493. The molecule has 1 heterocycles. The first-order valence-electron chi connectivity index (χ1n) is 7.13. The molecule has 0 radical (unpaired) electrons. The van der Waals surface area contributed by atoms with Crippen molar-refractivity contribution in [2.75, 3.05) is 0 Å². The van der Waals surface area contributed by atoms with Gasteiger partial charge in [-0.15, -0.1) is 0 Å². The van der Waals surface area contributed by atoms with Gasteiger partial charge in [0.05, 0.1) is 28.4 Å². The number of rotatable bonds is 3. The van der Waals surface area contributed by atoms with Gasteiger partial charge >= 0.3 is 6.18 Å². The third kappa shape index (κ3) is 3.72. The van der Waals surface area contributed by atoms with Crippen molar-refractivity contribution in [2.45, 2.75) is 51.3 Å². The van der Waals surface area contributed by atoms with Crippen LogP contribution in [-0.2, 0) is 13.5 Å². The number of aromatic nitrogens is 2. The molecule has 1 aromatic rings. The number of hydrogen-bond acceptors (Lipinski definition) is 2. The van der Waals surface area contributed by atoms with E-state index in [9.17, 15) is 18.3 Å². The second-order valence-corrected chi connectivity index (χ2v) is 6.27. The molecule has 1 aromatic heterocycles. The van der Waals surface area contributed by atoms with Crippen molar-refractivity contribution in [3.05, 3.63) is 16.4 Å². The Hall–Kier alpha value is -0.750. The molecular formula is C14H20ClF3N2O. The minimum Gasteiger partial charge on any atom is -0.392 e. The third-order valence-corrected chi connectivity index (χ3v) is 4.93. The predicted molar refractivity (Wildman–Crippen MR) is 74.2 cm³/mol. The molecule has 0 saturated heterocycles. The zero-order valence-corrected chi connectivity index (χ0v) is 12.9. The van der Waals surface area contributed by atoms with Crippen molar-refractivity contribution in [1.82, 2.24) is 9.78 Å². The maximum absolute atomic E-state index is 12.6. The molecule has 1 saturated carbocycles. The summed E-state index contributed by atoms with van der Waals surface area (Å²) in [6.07, 6.45) is -3.45. The molecule has 2 rings (SSSR count). The highest BCUT2D eigenvalue weighted by molar-refractivity contribution is 6.31. The van der Waals surface area contributed by atoms with E-state index in [1.165, 1.54) is 0 Å². The first-order valence-corrected chi connectivity index (χ1v) is 7.50. The van der Waals surface area contributed by atoms with Crippen molar-refractivity contribution < 1.29 is 18.3 Å². The lowest BCUT2D eigenvalue weighted by Gasteiger charge is -2.32. The van der Waals surface area contributed by atoms with E-state index >= 15 is 0 Å². The monoisotopic (exact) mass is 324 g/mol. The summed E-state index contributed by atoms with van der Waals surface area (Å²) in [5, 5.41) is 15.0. The second kappa shape index (κ2) is 6.16. The predicted octanol–water partition coefficient (Wildman–Crippen LogP) is 3.65. The van der Waals surface area contributed by atoms with Gasteiger partial charge in [-0.1, -0.05) is 11.6 Å². The molecule has 21 heavy (non-hydrogen) atoms. The molecule has 1 aliphatic rings. The molecule has 0 spiro atoms. The Balaban J connectivity index is 1.95. The Morgan fingerprint density at radius 1 is 1.33 bits per heavy atom. The van der Waals surface area contributed by atoms with Gasteiger partial charge in [0.2, 0.25) is 0 Å². The number of hydrogen-bond donors (Lipinski definition) is 1. The van der Waals surface area contributed by atoms with E-state index < -0.39 is 18.2 Å². The lowest BCUT2D eigenvalue weighted by Crippen LogP contribution is -2.33. The molecule has 0 bridgehead atoms. The number of alkyl halides is 3. The summed E-state index contributed by atoms with van der Waals surface area (Å²) in [6.45, 7) is 1.78. The molecule has 1 atom stereocenters. The Kier molecular flexibility index (Phi) is 4.88. The van der Waals surface area contributed by atoms with Crippen molar-refractivity contribution >= 4 is 11.6 Å². The van der Waals surface area contributed by atoms with E-state index in [1.54, 1.807) is 18.7 Å². The summed E-state index contributed by atoms with van der Waals surface area (Å²) < 4.78 is 39.5. The van der Waals surface area contributed by atoms with Gasteiger partial charge in [-0.3, -0.25) is 4.68 Å². The van der Waals surface area contributed by atoms with Crippen molar-refractivity contribution in [2.24, 2.45) is 18.9 Å². The summed E-state index contributed by atoms with van der Waals surface area (Å²) in [6, 6.07) is 0. The van der Waals surface area contributed by atoms with Crippen LogP contribution >= 0.6 is 11.6 Å². The zero-order valence-electron chi connectivity index (χ0n) is 12.1. The highest BCUT2D eigenvalue weighted by Gasteiger charge is 2.42. The highest BCUT2D eigenvalue weighted by Crippen LogP contribution is 2.40. The first kappa shape index (κ1) is 16.6. The number of halogens is 4. The van der Waals surface area contributed by atoms with Gasteiger partial charge in [-0.05, 0) is 38.5 Å². The van der Waals surface area contributed by atoms with E-state index in [0.29, 0.717) is 30.0 Å². The van der Waals surface area contributed by atoms with Crippen LogP contribution in [0.2, 0.25) is 5.02 Å². The molecule has 1 unspecified atom stereocenters. The van der Waals surface area contributed by atoms with Crippen LogP contribution in [0.4, 0.5) is 13.2 Å². The van der Waals surface area contributed by atoms with Gasteiger partial charge in [0, 0.05) is 13.5 Å². The molecule has 1 N–H and O–H groups in total. The number of aliphatic hydroxyl groups excluding tert-OH is 1. The smallest absolute Gasteiger partial charge is 0.391 e. The Morgan fingerprint density at radius 3 is 2.33 bits per heavy atom. The third-order valence-electron chi connectivity index (χ3n) is 4.44. The van der Waals surface area contributed by atoms with Crippen LogP contribution in [0.3, 0.4) is 0 Å². The van der Waals surface area contributed by atoms with Crippen molar-refractivity contribution in [1.29, 1.82) is 0 Å². The summed E-state index contributed by atoms with van der Waals surface area (Å²) in [4.78, 5) is 0. The quantitative estimate of drug-likeness (QED) is 0.921. The minimum absolute atomic E-state index is 0.101. The number of nitrogens with zero attached hydrogens (tertiary/aromatic N) is 2. The average Bonchev–Trinajstić information content (AvgIpc) is 2.64. The summed E-state index contributed by atoms with van der Waals surface area (Å²) >= 11 is 6.14. The van der Waals surface area contributed by atoms with Gasteiger partial charge in [0.25, 0.3) is 0 Å². The van der Waals surface area contributed by atoms with Gasteiger partial charge in [0.1, 0.15) is 0 Å². The maximum atomic E-state index is 12.6. The fourth-order valence-electron chi connectivity index (χ4n) is 3.10. The van der Waals surface area contributed by atoms with Crippen LogP contribution < -0.4 is 0 Å². The van der Waals surface area contributed by atoms with Gasteiger partial charge in [-0.2, -0.15) is 18.3 Å². The van der Waals surface area contributed by atoms with Gasteiger partial charge in [-0.25, -0.2) is 0 Å². The maximum Gasteiger partial charge on any atom is 0.391 e. The van der Waals surface area contributed by atoms with Gasteiger partial charge in [0.15, 0.2) is 0 Å². The fraction of sp³-hybridized carbons (Fsp3) is 0.786. The fourth-order valence-corrected chi connectivity index (χ4v) is 3.34. The van der Waals surface area contributed by atoms with Crippen LogP contribution in [0.5, 0.6) is 0 Å². The molecule has 3 nitrogen and oxygen atoms in total. The van der Waals surface area contributed by atoms with E-state index in [1.807, 2.05) is 0 Å². The van der Waals surface area contributed by atoms with E-state index in [4.69, 9.17) is 11.6 Å². The van der Waals surface area contributed by atoms with Crippen molar-refractivity contribution in [3.63, 3.8) is 0 Å². The molecule has 0 aromatic carbocycles. The van der Waals surface area contributed by atoms with Crippen LogP contribution in [-0.4, -0.2) is 27.2 Å². The summed E-state index contributed by atoms with van der Waals surface area (Å²) in [5.74, 6) is -1.32. The molecule has 0 aliphatic heterocycles. The molecule has 0 amide bonds. The summed E-state index contributed by atoms with van der Waals surface area (Å²) in [7, 11) is 1.75. The molecule has 7 heteroatoms. The highest BCUT2D eigenvalue weighted by atomic mass is 35.5. The van der Waals surface area contributed by atoms with E-state index in [2.05, 4.69) is 5.10 Å². The van der Waals surface area contributed by atoms with Gasteiger partial charge < -0.3 is 5.11 Å². The topological polar surface area (TPSA) is 38.0 Å². The lowest BCUT2D eigenvalue weighted by atomic mass is 9.78.